The van der Waals surface area contributed by atoms with Gasteiger partial charge in [-0.1, -0.05) is 0 Å². The summed E-state index contributed by atoms with van der Waals surface area (Å²) in [6.45, 7) is 3.14. The second-order valence-corrected chi connectivity index (χ2v) is 5.36. The molecule has 0 bridgehead atoms. The van der Waals surface area contributed by atoms with E-state index in [2.05, 4.69) is 0 Å². The number of aryl methyl sites for hydroxylation is 1. The minimum atomic E-state index is -2.32. The van der Waals surface area contributed by atoms with Crippen LogP contribution in [0, 0.1) is 6.92 Å². The van der Waals surface area contributed by atoms with Crippen LogP contribution in [0.4, 0.5) is 4.39 Å². The SMILES string of the molecule is Cc1cn(C2O[C@H](CO)C(C)(O)[C@]2(C)F)c(=O)[nH]c1=O. The number of aromatic amines is 1. The Labute approximate surface area is 113 Å². The number of nitrogens with one attached hydrogen (secondary N) is 1. The first-order chi connectivity index (χ1) is 9.12. The van der Waals surface area contributed by atoms with Crippen LogP contribution >= 0.6 is 0 Å². The zero-order valence-corrected chi connectivity index (χ0v) is 11.4. The Morgan fingerprint density at radius 3 is 2.60 bits per heavy atom. The van der Waals surface area contributed by atoms with Gasteiger partial charge in [-0.3, -0.25) is 14.3 Å². The van der Waals surface area contributed by atoms with Crippen molar-refractivity contribution in [2.24, 2.45) is 0 Å². The van der Waals surface area contributed by atoms with E-state index in [1.807, 2.05) is 4.98 Å². The zero-order chi connectivity index (χ0) is 15.3. The fourth-order valence-corrected chi connectivity index (χ4v) is 2.29. The van der Waals surface area contributed by atoms with Gasteiger partial charge in [-0.15, -0.1) is 0 Å². The van der Waals surface area contributed by atoms with Crippen molar-refractivity contribution in [3.8, 4) is 0 Å². The number of alkyl halides is 1. The van der Waals surface area contributed by atoms with E-state index in [1.165, 1.54) is 20.0 Å². The van der Waals surface area contributed by atoms with Crippen molar-refractivity contribution in [1.29, 1.82) is 0 Å². The molecule has 20 heavy (non-hydrogen) atoms. The molecule has 0 aliphatic carbocycles. The summed E-state index contributed by atoms with van der Waals surface area (Å²) < 4.78 is 21.0. The molecule has 3 N–H and O–H groups in total. The maximum atomic E-state index is 14.9. The van der Waals surface area contributed by atoms with Gasteiger partial charge in [0.25, 0.3) is 5.56 Å². The Morgan fingerprint density at radius 1 is 1.50 bits per heavy atom. The zero-order valence-electron chi connectivity index (χ0n) is 11.4. The first kappa shape index (κ1) is 14.9. The molecule has 1 saturated heterocycles. The molecule has 8 heteroatoms. The summed E-state index contributed by atoms with van der Waals surface area (Å²) in [7, 11) is 0. The second kappa shape index (κ2) is 4.51. The number of ether oxygens (including phenoxy) is 1. The van der Waals surface area contributed by atoms with Gasteiger partial charge in [-0.2, -0.15) is 0 Å². The molecule has 2 heterocycles. The van der Waals surface area contributed by atoms with Crippen molar-refractivity contribution in [3.05, 3.63) is 32.6 Å². The van der Waals surface area contributed by atoms with Gasteiger partial charge in [0.1, 0.15) is 11.7 Å². The Hall–Kier alpha value is -1.51. The average Bonchev–Trinajstić information content (AvgIpc) is 2.52. The summed E-state index contributed by atoms with van der Waals surface area (Å²) in [5.74, 6) is 0. The summed E-state index contributed by atoms with van der Waals surface area (Å²) in [5, 5.41) is 19.4. The Kier molecular flexibility index (Phi) is 3.35. The molecule has 0 amide bonds. The molecule has 1 aromatic heterocycles. The summed E-state index contributed by atoms with van der Waals surface area (Å²) in [4.78, 5) is 25.2. The third-order valence-electron chi connectivity index (χ3n) is 3.94. The molecule has 0 radical (unpaired) electrons. The molecule has 0 saturated carbocycles. The minimum Gasteiger partial charge on any atom is -0.394 e. The number of H-pyrrole nitrogens is 1. The molecule has 112 valence electrons. The molecular weight excluding hydrogens is 271 g/mol. The van der Waals surface area contributed by atoms with Gasteiger partial charge in [0.05, 0.1) is 6.61 Å². The van der Waals surface area contributed by atoms with Gasteiger partial charge in [-0.05, 0) is 20.8 Å². The molecular formula is C12H17FN2O5. The maximum absolute atomic E-state index is 14.9. The van der Waals surface area contributed by atoms with Crippen LogP contribution in [0.25, 0.3) is 0 Å². The summed E-state index contributed by atoms with van der Waals surface area (Å²) in [5.41, 5.74) is -5.51. The first-order valence-corrected chi connectivity index (χ1v) is 6.12. The topological polar surface area (TPSA) is 105 Å². The predicted molar refractivity (Wildman–Crippen MR) is 67.2 cm³/mol. The van der Waals surface area contributed by atoms with Gasteiger partial charge in [0.15, 0.2) is 11.9 Å². The molecule has 1 aliphatic heterocycles. The van der Waals surface area contributed by atoms with E-state index in [1.54, 1.807) is 0 Å². The van der Waals surface area contributed by atoms with Crippen LogP contribution in [0.5, 0.6) is 0 Å². The number of hydrogen-bond donors (Lipinski definition) is 3. The number of aliphatic hydroxyl groups is 2. The van der Waals surface area contributed by atoms with Crippen LogP contribution in [-0.4, -0.2) is 43.7 Å². The number of hydrogen-bond acceptors (Lipinski definition) is 5. The van der Waals surface area contributed by atoms with Crippen molar-refractivity contribution in [3.63, 3.8) is 0 Å². The molecule has 2 rings (SSSR count). The highest BCUT2D eigenvalue weighted by molar-refractivity contribution is 5.11. The molecule has 1 fully saturated rings. The van der Waals surface area contributed by atoms with E-state index in [0.29, 0.717) is 0 Å². The lowest BCUT2D eigenvalue weighted by atomic mass is 9.85. The van der Waals surface area contributed by atoms with Crippen molar-refractivity contribution >= 4 is 0 Å². The third-order valence-corrected chi connectivity index (χ3v) is 3.94. The average molecular weight is 288 g/mol. The monoisotopic (exact) mass is 288 g/mol. The van der Waals surface area contributed by atoms with E-state index >= 15 is 0 Å². The Balaban J connectivity index is 2.57. The number of rotatable bonds is 2. The normalized spacial score (nSPS) is 37.3. The maximum Gasteiger partial charge on any atom is 0.330 e. The summed E-state index contributed by atoms with van der Waals surface area (Å²) in [6, 6.07) is 0. The predicted octanol–water partition coefficient (Wildman–Crippen LogP) is -0.786. The second-order valence-electron chi connectivity index (χ2n) is 5.36. The van der Waals surface area contributed by atoms with Gasteiger partial charge >= 0.3 is 5.69 Å². The van der Waals surface area contributed by atoms with Gasteiger partial charge in [-0.25, -0.2) is 9.18 Å². The number of nitrogens with zero attached hydrogens (tertiary/aromatic N) is 1. The van der Waals surface area contributed by atoms with Crippen molar-refractivity contribution in [2.45, 2.75) is 44.4 Å². The van der Waals surface area contributed by atoms with Gasteiger partial charge < -0.3 is 14.9 Å². The molecule has 2 unspecified atom stereocenters. The lowest BCUT2D eigenvalue weighted by Crippen LogP contribution is -2.52. The number of halogens is 1. The highest BCUT2D eigenvalue weighted by Crippen LogP contribution is 2.47. The third kappa shape index (κ3) is 1.91. The van der Waals surface area contributed by atoms with Crippen molar-refractivity contribution < 1.29 is 19.3 Å². The van der Waals surface area contributed by atoms with Crippen molar-refractivity contribution in [2.75, 3.05) is 6.61 Å². The quantitative estimate of drug-likeness (QED) is 0.662. The van der Waals surface area contributed by atoms with Crippen LogP contribution in [0.1, 0.15) is 25.6 Å². The molecule has 1 aromatic rings. The first-order valence-electron chi connectivity index (χ1n) is 6.12. The number of aliphatic hydroxyl groups excluding tert-OH is 1. The minimum absolute atomic E-state index is 0.205. The molecule has 0 spiro atoms. The summed E-state index contributed by atoms with van der Waals surface area (Å²) >= 11 is 0. The summed E-state index contributed by atoms with van der Waals surface area (Å²) in [6.07, 6.45) is -1.46. The van der Waals surface area contributed by atoms with Gasteiger partial charge in [0.2, 0.25) is 0 Å². The lowest BCUT2D eigenvalue weighted by Gasteiger charge is -2.32. The van der Waals surface area contributed by atoms with E-state index in [9.17, 15) is 19.1 Å². The van der Waals surface area contributed by atoms with E-state index in [0.717, 1.165) is 11.5 Å². The Morgan fingerprint density at radius 2 is 2.10 bits per heavy atom. The van der Waals surface area contributed by atoms with Crippen LogP contribution in [0.3, 0.4) is 0 Å². The van der Waals surface area contributed by atoms with Crippen LogP contribution in [-0.2, 0) is 4.74 Å². The fraction of sp³-hybridized carbons (Fsp3) is 0.667. The molecule has 4 atom stereocenters. The van der Waals surface area contributed by atoms with E-state index < -0.39 is 41.5 Å². The van der Waals surface area contributed by atoms with E-state index in [-0.39, 0.29) is 5.56 Å². The lowest BCUT2D eigenvalue weighted by molar-refractivity contribution is -0.0892. The Bertz CT molecular complexity index is 633. The van der Waals surface area contributed by atoms with Crippen molar-refractivity contribution in [1.82, 2.24) is 9.55 Å². The van der Waals surface area contributed by atoms with Crippen LogP contribution in [0.2, 0.25) is 0 Å². The highest BCUT2D eigenvalue weighted by Gasteiger charge is 2.63. The van der Waals surface area contributed by atoms with Crippen LogP contribution < -0.4 is 11.2 Å². The van der Waals surface area contributed by atoms with Gasteiger partial charge in [0, 0.05) is 11.8 Å². The molecule has 0 aromatic carbocycles. The van der Waals surface area contributed by atoms with Crippen LogP contribution in [0.15, 0.2) is 15.8 Å². The highest BCUT2D eigenvalue weighted by atomic mass is 19.1. The largest absolute Gasteiger partial charge is 0.394 e. The van der Waals surface area contributed by atoms with E-state index in [4.69, 9.17) is 9.84 Å². The number of aromatic nitrogens is 2. The molecule has 7 nitrogen and oxygen atoms in total. The fourth-order valence-electron chi connectivity index (χ4n) is 2.29. The smallest absolute Gasteiger partial charge is 0.330 e. The molecule has 1 aliphatic rings. The standard InChI is InChI=1S/C12H17FN2O5/c1-6-4-15(10(18)14-8(6)17)9-11(2,13)12(3,19)7(5-16)20-9/h4,7,9,16,19H,5H2,1-3H3,(H,14,17,18)/t7-,9?,11-,12?/m1/s1.